The van der Waals surface area contributed by atoms with Crippen molar-refractivity contribution in [1.82, 2.24) is 0 Å². The smallest absolute Gasteiger partial charge is 0.119 e. The molecular weight excluding hydrogens is 200 g/mol. The summed E-state index contributed by atoms with van der Waals surface area (Å²) in [4.78, 5) is 0. The molecule has 82 valence electrons. The molecule has 0 unspecified atom stereocenters. The van der Waals surface area contributed by atoms with Crippen LogP contribution in [0.25, 0.3) is 10.8 Å². The average Bonchev–Trinajstić information content (AvgIpc) is 2.27. The highest BCUT2D eigenvalue weighted by Crippen LogP contribution is 2.21. The first-order chi connectivity index (χ1) is 7.69. The summed E-state index contributed by atoms with van der Waals surface area (Å²) in [5.41, 5.74) is 6.44. The molecule has 16 heavy (non-hydrogen) atoms. The van der Waals surface area contributed by atoms with Crippen LogP contribution in [-0.4, -0.2) is 12.9 Å². The molecule has 0 heterocycles. The fourth-order valence-electron chi connectivity index (χ4n) is 1.73. The summed E-state index contributed by atoms with van der Waals surface area (Å²) in [6.07, 6.45) is 0.502. The Labute approximate surface area is 94.3 Å². The first kappa shape index (κ1) is 10.5. The number of hydrogen-bond acceptors (Lipinski definition) is 2. The predicted octanol–water partition coefficient (Wildman–Crippen LogP) is 2.33. The van der Waals surface area contributed by atoms with Crippen molar-refractivity contribution in [2.45, 2.75) is 6.42 Å². The maximum Gasteiger partial charge on any atom is 0.119 e. The summed E-state index contributed by atoms with van der Waals surface area (Å²) in [5.74, 6) is 1.04. The molecule has 0 aliphatic heterocycles. The molecular formula is C13H14N2O. The van der Waals surface area contributed by atoms with Crippen molar-refractivity contribution < 1.29 is 4.74 Å². The van der Waals surface area contributed by atoms with Crippen molar-refractivity contribution in [3.63, 3.8) is 0 Å². The number of fused-ring (bicyclic) bond motifs is 1. The van der Waals surface area contributed by atoms with Crippen LogP contribution < -0.4 is 10.5 Å². The molecule has 0 aromatic heterocycles. The van der Waals surface area contributed by atoms with Gasteiger partial charge >= 0.3 is 0 Å². The number of hydrogen-bond donors (Lipinski definition) is 2. The minimum atomic E-state index is 0.188. The van der Waals surface area contributed by atoms with Crippen LogP contribution in [0, 0.1) is 5.41 Å². The molecule has 0 radical (unpaired) electrons. The lowest BCUT2D eigenvalue weighted by atomic mass is 10.0. The summed E-state index contributed by atoms with van der Waals surface area (Å²) < 4.78 is 5.16. The average molecular weight is 214 g/mol. The van der Waals surface area contributed by atoms with Gasteiger partial charge in [-0.15, -0.1) is 0 Å². The fraction of sp³-hybridized carbons (Fsp3) is 0.154. The number of ether oxygens (including phenoxy) is 1. The van der Waals surface area contributed by atoms with Gasteiger partial charge in [0.25, 0.3) is 0 Å². The quantitative estimate of drug-likeness (QED) is 0.608. The van der Waals surface area contributed by atoms with Gasteiger partial charge in [0.1, 0.15) is 5.75 Å². The fourth-order valence-corrected chi connectivity index (χ4v) is 1.73. The van der Waals surface area contributed by atoms with E-state index in [-0.39, 0.29) is 5.84 Å². The lowest BCUT2D eigenvalue weighted by Gasteiger charge is -2.05. The Kier molecular flexibility index (Phi) is 2.77. The van der Waals surface area contributed by atoms with E-state index in [4.69, 9.17) is 15.9 Å². The summed E-state index contributed by atoms with van der Waals surface area (Å²) in [5, 5.41) is 9.53. The number of nitrogens with two attached hydrogens (primary N) is 1. The molecule has 0 bridgehead atoms. The molecule has 3 heteroatoms. The van der Waals surface area contributed by atoms with Crippen LogP contribution in [0.15, 0.2) is 36.4 Å². The summed E-state index contributed by atoms with van der Waals surface area (Å²) >= 11 is 0. The highest BCUT2D eigenvalue weighted by molar-refractivity contribution is 5.86. The van der Waals surface area contributed by atoms with E-state index in [1.807, 2.05) is 30.3 Å². The Hall–Kier alpha value is -2.03. The van der Waals surface area contributed by atoms with Gasteiger partial charge in [-0.1, -0.05) is 24.3 Å². The minimum Gasteiger partial charge on any atom is -0.497 e. The second-order valence-corrected chi connectivity index (χ2v) is 3.75. The maximum atomic E-state index is 7.26. The van der Waals surface area contributed by atoms with Crippen LogP contribution in [0.1, 0.15) is 5.56 Å². The monoisotopic (exact) mass is 214 g/mol. The topological polar surface area (TPSA) is 59.1 Å². The van der Waals surface area contributed by atoms with E-state index in [0.29, 0.717) is 6.42 Å². The number of methoxy groups -OCH3 is 1. The first-order valence-corrected chi connectivity index (χ1v) is 5.08. The van der Waals surface area contributed by atoms with E-state index in [9.17, 15) is 0 Å². The number of benzene rings is 2. The van der Waals surface area contributed by atoms with E-state index < -0.39 is 0 Å². The first-order valence-electron chi connectivity index (χ1n) is 5.08. The molecule has 3 nitrogen and oxygen atoms in total. The van der Waals surface area contributed by atoms with Crippen LogP contribution in [0.5, 0.6) is 5.75 Å². The third kappa shape index (κ3) is 2.14. The maximum absolute atomic E-state index is 7.26. The van der Waals surface area contributed by atoms with Gasteiger partial charge in [-0.05, 0) is 28.5 Å². The van der Waals surface area contributed by atoms with Gasteiger partial charge in [0.15, 0.2) is 0 Å². The van der Waals surface area contributed by atoms with E-state index in [1.54, 1.807) is 7.11 Å². The summed E-state index contributed by atoms with van der Waals surface area (Å²) in [7, 11) is 1.66. The third-order valence-corrected chi connectivity index (χ3v) is 2.51. The molecule has 2 rings (SSSR count). The van der Waals surface area contributed by atoms with Crippen molar-refractivity contribution in [2.75, 3.05) is 7.11 Å². The summed E-state index contributed by atoms with van der Waals surface area (Å²) in [6, 6.07) is 12.0. The van der Waals surface area contributed by atoms with Crippen LogP contribution in [0.3, 0.4) is 0 Å². The molecule has 0 aliphatic carbocycles. The molecule has 3 N–H and O–H groups in total. The van der Waals surface area contributed by atoms with Crippen LogP contribution in [-0.2, 0) is 6.42 Å². The van der Waals surface area contributed by atoms with Gasteiger partial charge in [-0.3, -0.25) is 5.41 Å². The summed E-state index contributed by atoms with van der Waals surface area (Å²) in [6.45, 7) is 0. The van der Waals surface area contributed by atoms with Crippen LogP contribution >= 0.6 is 0 Å². The van der Waals surface area contributed by atoms with Gasteiger partial charge in [0.05, 0.1) is 12.9 Å². The Morgan fingerprint density at radius 3 is 2.56 bits per heavy atom. The molecule has 2 aromatic carbocycles. The molecule has 0 saturated carbocycles. The zero-order valence-corrected chi connectivity index (χ0v) is 9.16. The van der Waals surface area contributed by atoms with E-state index in [1.165, 1.54) is 0 Å². The Morgan fingerprint density at radius 1 is 1.19 bits per heavy atom. The Morgan fingerprint density at radius 2 is 1.88 bits per heavy atom. The Balaban J connectivity index is 2.43. The molecule has 0 atom stereocenters. The van der Waals surface area contributed by atoms with Crippen molar-refractivity contribution >= 4 is 16.6 Å². The SMILES string of the molecule is COc1ccc2cc(CC(=N)N)ccc2c1. The molecule has 0 aliphatic rings. The zero-order chi connectivity index (χ0) is 11.5. The van der Waals surface area contributed by atoms with Crippen LogP contribution in [0.2, 0.25) is 0 Å². The Bertz CT molecular complexity index is 534. The lowest BCUT2D eigenvalue weighted by molar-refractivity contribution is 0.415. The van der Waals surface area contributed by atoms with Crippen molar-refractivity contribution in [2.24, 2.45) is 5.73 Å². The van der Waals surface area contributed by atoms with Crippen LogP contribution in [0.4, 0.5) is 0 Å². The number of amidine groups is 1. The predicted molar refractivity (Wildman–Crippen MR) is 66.1 cm³/mol. The van der Waals surface area contributed by atoms with Crippen molar-refractivity contribution in [1.29, 1.82) is 5.41 Å². The van der Waals surface area contributed by atoms with Gasteiger partial charge in [0.2, 0.25) is 0 Å². The standard InChI is InChI=1S/C13H14N2O/c1-16-12-5-4-10-6-9(7-13(14)15)2-3-11(10)8-12/h2-6,8H,7H2,1H3,(H3,14,15). The second-order valence-electron chi connectivity index (χ2n) is 3.75. The highest BCUT2D eigenvalue weighted by Gasteiger charge is 1.99. The molecule has 2 aromatic rings. The van der Waals surface area contributed by atoms with Gasteiger partial charge in [-0.2, -0.15) is 0 Å². The number of rotatable bonds is 3. The van der Waals surface area contributed by atoms with Crippen molar-refractivity contribution in [3.8, 4) is 5.75 Å². The number of nitrogens with one attached hydrogen (secondary N) is 1. The van der Waals surface area contributed by atoms with Gasteiger partial charge in [-0.25, -0.2) is 0 Å². The van der Waals surface area contributed by atoms with E-state index in [2.05, 4.69) is 6.07 Å². The van der Waals surface area contributed by atoms with Gasteiger partial charge < -0.3 is 10.5 Å². The molecule has 0 spiro atoms. The lowest BCUT2D eigenvalue weighted by Crippen LogP contribution is -2.12. The second kappa shape index (κ2) is 4.23. The van der Waals surface area contributed by atoms with Gasteiger partial charge in [0, 0.05) is 6.42 Å². The highest BCUT2D eigenvalue weighted by atomic mass is 16.5. The van der Waals surface area contributed by atoms with E-state index >= 15 is 0 Å². The third-order valence-electron chi connectivity index (χ3n) is 2.51. The van der Waals surface area contributed by atoms with E-state index in [0.717, 1.165) is 22.1 Å². The largest absolute Gasteiger partial charge is 0.497 e. The zero-order valence-electron chi connectivity index (χ0n) is 9.16. The van der Waals surface area contributed by atoms with Crippen molar-refractivity contribution in [3.05, 3.63) is 42.0 Å². The molecule has 0 amide bonds. The normalized spacial score (nSPS) is 10.3. The molecule has 0 saturated heterocycles. The minimum absolute atomic E-state index is 0.188. The molecule has 0 fully saturated rings.